The minimum absolute atomic E-state index is 0.0993. The van der Waals surface area contributed by atoms with Crippen LogP contribution in [0.4, 0.5) is 0 Å². The van der Waals surface area contributed by atoms with Crippen LogP contribution in [-0.4, -0.2) is 39.4 Å². The number of aromatic nitrogens is 3. The molecule has 7 nitrogen and oxygen atoms in total. The van der Waals surface area contributed by atoms with E-state index in [9.17, 15) is 4.79 Å². The quantitative estimate of drug-likeness (QED) is 0.911. The Labute approximate surface area is 152 Å². The average Bonchev–Trinajstić information content (AvgIpc) is 3.09. The number of hydrogen-bond donors (Lipinski definition) is 1. The lowest BCUT2D eigenvalue weighted by Gasteiger charge is -2.29. The molecule has 1 saturated carbocycles. The summed E-state index contributed by atoms with van der Waals surface area (Å²) in [6.07, 6.45) is 8.11. The van der Waals surface area contributed by atoms with E-state index in [0.29, 0.717) is 23.9 Å². The minimum atomic E-state index is -0.0993. The first kappa shape index (κ1) is 16.9. The Morgan fingerprint density at radius 1 is 1.27 bits per heavy atom. The molecule has 0 unspecified atom stereocenters. The van der Waals surface area contributed by atoms with Gasteiger partial charge in [-0.05, 0) is 38.2 Å². The lowest BCUT2D eigenvalue weighted by molar-refractivity contribution is 0.0884. The first-order valence-corrected chi connectivity index (χ1v) is 9.28. The Morgan fingerprint density at radius 3 is 2.88 bits per heavy atom. The summed E-state index contributed by atoms with van der Waals surface area (Å²) in [6.45, 7) is 3.45. The fourth-order valence-corrected chi connectivity index (χ4v) is 3.51. The van der Waals surface area contributed by atoms with Crippen molar-refractivity contribution in [3.8, 4) is 11.8 Å². The highest BCUT2D eigenvalue weighted by molar-refractivity contribution is 5.96. The number of amides is 1. The average molecular weight is 356 g/mol. The number of pyridine rings is 1. The van der Waals surface area contributed by atoms with Crippen molar-refractivity contribution in [3.05, 3.63) is 35.7 Å². The summed E-state index contributed by atoms with van der Waals surface area (Å²) in [5.41, 5.74) is 1.65. The van der Waals surface area contributed by atoms with E-state index < -0.39 is 0 Å². The van der Waals surface area contributed by atoms with Gasteiger partial charge < -0.3 is 14.8 Å². The molecule has 1 fully saturated rings. The molecule has 0 aromatic carbocycles. The SMILES string of the molecule is Cc1ccc(OC2CCC(NC(=O)c3cnn4c3OCCC4)CC2)nc1. The van der Waals surface area contributed by atoms with Crippen molar-refractivity contribution in [2.24, 2.45) is 0 Å². The van der Waals surface area contributed by atoms with E-state index in [0.717, 1.165) is 44.2 Å². The van der Waals surface area contributed by atoms with Gasteiger partial charge in [0.15, 0.2) is 0 Å². The second kappa shape index (κ2) is 7.35. The second-order valence-corrected chi connectivity index (χ2v) is 7.03. The van der Waals surface area contributed by atoms with Gasteiger partial charge in [-0.3, -0.25) is 4.79 Å². The zero-order chi connectivity index (χ0) is 17.9. The van der Waals surface area contributed by atoms with Crippen molar-refractivity contribution in [1.29, 1.82) is 0 Å². The normalized spacial score (nSPS) is 22.2. The largest absolute Gasteiger partial charge is 0.477 e. The van der Waals surface area contributed by atoms with E-state index in [1.54, 1.807) is 10.9 Å². The summed E-state index contributed by atoms with van der Waals surface area (Å²) in [6, 6.07) is 4.07. The van der Waals surface area contributed by atoms with E-state index in [-0.39, 0.29) is 18.1 Å². The molecule has 2 aromatic heterocycles. The number of nitrogens with zero attached hydrogens (tertiary/aromatic N) is 3. The molecule has 1 N–H and O–H groups in total. The molecule has 0 spiro atoms. The molecule has 3 heterocycles. The predicted molar refractivity (Wildman–Crippen MR) is 95.5 cm³/mol. The first-order chi connectivity index (χ1) is 12.7. The molecule has 2 aromatic rings. The molecular formula is C19H24N4O3. The van der Waals surface area contributed by atoms with Crippen molar-refractivity contribution < 1.29 is 14.3 Å². The van der Waals surface area contributed by atoms with Crippen LogP contribution in [0.5, 0.6) is 11.8 Å². The van der Waals surface area contributed by atoms with Crippen LogP contribution in [-0.2, 0) is 6.54 Å². The summed E-state index contributed by atoms with van der Waals surface area (Å²) >= 11 is 0. The van der Waals surface area contributed by atoms with Crippen molar-refractivity contribution in [3.63, 3.8) is 0 Å². The van der Waals surface area contributed by atoms with Gasteiger partial charge in [-0.2, -0.15) is 5.10 Å². The maximum atomic E-state index is 12.6. The molecule has 138 valence electrons. The van der Waals surface area contributed by atoms with Crippen molar-refractivity contribution in [2.45, 2.75) is 57.7 Å². The summed E-state index contributed by atoms with van der Waals surface area (Å²) < 4.78 is 13.3. The molecular weight excluding hydrogens is 332 g/mol. The predicted octanol–water partition coefficient (Wildman–Crippen LogP) is 2.49. The van der Waals surface area contributed by atoms with Crippen LogP contribution in [0.2, 0.25) is 0 Å². The third-order valence-corrected chi connectivity index (χ3v) is 4.97. The molecule has 26 heavy (non-hydrogen) atoms. The molecule has 0 saturated heterocycles. The van der Waals surface area contributed by atoms with Gasteiger partial charge in [0, 0.05) is 31.3 Å². The van der Waals surface area contributed by atoms with Crippen LogP contribution < -0.4 is 14.8 Å². The summed E-state index contributed by atoms with van der Waals surface area (Å²) in [7, 11) is 0. The Hall–Kier alpha value is -2.57. The third-order valence-electron chi connectivity index (χ3n) is 4.97. The molecule has 0 bridgehead atoms. The number of rotatable bonds is 4. The zero-order valence-corrected chi connectivity index (χ0v) is 15.0. The topological polar surface area (TPSA) is 78.3 Å². The highest BCUT2D eigenvalue weighted by Gasteiger charge is 2.27. The summed E-state index contributed by atoms with van der Waals surface area (Å²) in [5, 5.41) is 7.36. The number of hydrogen-bond acceptors (Lipinski definition) is 5. The number of nitrogens with one attached hydrogen (secondary N) is 1. The van der Waals surface area contributed by atoms with E-state index >= 15 is 0 Å². The van der Waals surface area contributed by atoms with E-state index in [2.05, 4.69) is 15.4 Å². The van der Waals surface area contributed by atoms with Crippen molar-refractivity contribution in [2.75, 3.05) is 6.61 Å². The number of carbonyl (C=O) groups excluding carboxylic acids is 1. The summed E-state index contributed by atoms with van der Waals surface area (Å²) in [4.78, 5) is 16.9. The number of carbonyl (C=O) groups is 1. The highest BCUT2D eigenvalue weighted by atomic mass is 16.5. The highest BCUT2D eigenvalue weighted by Crippen LogP contribution is 2.25. The maximum absolute atomic E-state index is 12.6. The zero-order valence-electron chi connectivity index (χ0n) is 15.0. The van der Waals surface area contributed by atoms with Gasteiger partial charge in [-0.15, -0.1) is 0 Å². The standard InChI is InChI=1S/C19H24N4O3/c1-13-3-8-17(20-11-13)26-15-6-4-14(5-7-15)22-18(24)16-12-21-23-9-2-10-25-19(16)23/h3,8,11-12,14-15H,2,4-7,9-10H2,1H3,(H,22,24). The van der Waals surface area contributed by atoms with E-state index in [1.807, 2.05) is 25.3 Å². The molecule has 1 aliphatic heterocycles. The lowest BCUT2D eigenvalue weighted by atomic mass is 9.93. The molecule has 0 radical (unpaired) electrons. The van der Waals surface area contributed by atoms with Gasteiger partial charge in [-0.25, -0.2) is 9.67 Å². The Morgan fingerprint density at radius 2 is 2.12 bits per heavy atom. The van der Waals surface area contributed by atoms with Gasteiger partial charge >= 0.3 is 0 Å². The number of fused-ring (bicyclic) bond motifs is 1. The fourth-order valence-electron chi connectivity index (χ4n) is 3.51. The molecule has 1 aliphatic carbocycles. The molecule has 0 atom stereocenters. The van der Waals surface area contributed by atoms with Crippen LogP contribution in [0.15, 0.2) is 24.5 Å². The Kier molecular flexibility index (Phi) is 4.77. The van der Waals surface area contributed by atoms with Gasteiger partial charge in [-0.1, -0.05) is 6.07 Å². The molecule has 1 amide bonds. The van der Waals surface area contributed by atoms with Crippen molar-refractivity contribution >= 4 is 5.91 Å². The van der Waals surface area contributed by atoms with Crippen LogP contribution in [0, 0.1) is 6.92 Å². The lowest BCUT2D eigenvalue weighted by Crippen LogP contribution is -2.39. The Balaban J connectivity index is 1.29. The van der Waals surface area contributed by atoms with Gasteiger partial charge in [0.2, 0.25) is 11.8 Å². The van der Waals surface area contributed by atoms with Gasteiger partial charge in [0.05, 0.1) is 12.8 Å². The Bertz CT molecular complexity index is 764. The van der Waals surface area contributed by atoms with E-state index in [4.69, 9.17) is 9.47 Å². The second-order valence-electron chi connectivity index (χ2n) is 7.03. The molecule has 7 heteroatoms. The van der Waals surface area contributed by atoms with Gasteiger partial charge in [0.1, 0.15) is 11.7 Å². The minimum Gasteiger partial charge on any atom is -0.477 e. The number of aryl methyl sites for hydroxylation is 2. The van der Waals surface area contributed by atoms with Gasteiger partial charge in [0.25, 0.3) is 5.91 Å². The van der Waals surface area contributed by atoms with Crippen molar-refractivity contribution in [1.82, 2.24) is 20.1 Å². The monoisotopic (exact) mass is 356 g/mol. The first-order valence-electron chi connectivity index (χ1n) is 9.28. The van der Waals surface area contributed by atoms with Crippen LogP contribution in [0.1, 0.15) is 48.0 Å². The number of ether oxygens (including phenoxy) is 2. The fraction of sp³-hybridized carbons (Fsp3) is 0.526. The van der Waals surface area contributed by atoms with Crippen LogP contribution >= 0.6 is 0 Å². The third kappa shape index (κ3) is 3.66. The molecule has 2 aliphatic rings. The smallest absolute Gasteiger partial charge is 0.258 e. The van der Waals surface area contributed by atoms with Crippen LogP contribution in [0.25, 0.3) is 0 Å². The van der Waals surface area contributed by atoms with E-state index in [1.165, 1.54) is 0 Å². The molecule has 4 rings (SSSR count). The summed E-state index contributed by atoms with van der Waals surface area (Å²) in [5.74, 6) is 1.17. The maximum Gasteiger partial charge on any atom is 0.258 e. The van der Waals surface area contributed by atoms with Crippen LogP contribution in [0.3, 0.4) is 0 Å².